The van der Waals surface area contributed by atoms with Crippen LogP contribution in [0, 0.1) is 10.1 Å². The molecule has 0 bridgehead atoms. The fourth-order valence-corrected chi connectivity index (χ4v) is 3.16. The number of amides is 2. The normalized spacial score (nSPS) is 18.3. The Morgan fingerprint density at radius 3 is 2.47 bits per heavy atom. The second-order valence-electron chi connectivity index (χ2n) is 6.37. The number of nitrogens with zero attached hydrogens (tertiary/aromatic N) is 2. The fraction of sp³-hybridized carbons (Fsp3) is 0.421. The van der Waals surface area contributed by atoms with Gasteiger partial charge in [0, 0.05) is 24.8 Å². The molecule has 30 heavy (non-hydrogen) atoms. The molecule has 0 radical (unpaired) electrons. The highest BCUT2D eigenvalue weighted by Gasteiger charge is 2.43. The van der Waals surface area contributed by atoms with E-state index >= 15 is 0 Å². The molecule has 0 saturated heterocycles. The number of allylic oxidation sites excluding steroid dienone is 1. The number of ether oxygens (including phenoxy) is 2. The lowest BCUT2D eigenvalue weighted by atomic mass is 9.93. The minimum absolute atomic E-state index is 0.0429. The number of benzene rings is 1. The van der Waals surface area contributed by atoms with Gasteiger partial charge in [-0.15, -0.1) is 0 Å². The number of nitro groups is 1. The van der Waals surface area contributed by atoms with Crippen LogP contribution in [0.5, 0.6) is 0 Å². The number of carbonyl (C=O) groups is 3. The van der Waals surface area contributed by atoms with E-state index in [1.165, 1.54) is 25.1 Å². The number of carbonyl (C=O) groups excluding carboxylic acids is 3. The van der Waals surface area contributed by atoms with Crippen molar-refractivity contribution >= 4 is 23.7 Å². The Morgan fingerprint density at radius 2 is 1.90 bits per heavy atom. The molecule has 0 spiro atoms. The lowest BCUT2D eigenvalue weighted by Crippen LogP contribution is -2.62. The van der Waals surface area contributed by atoms with Gasteiger partial charge in [0.15, 0.2) is 6.29 Å². The zero-order chi connectivity index (χ0) is 22.4. The molecule has 0 saturated carbocycles. The summed E-state index contributed by atoms with van der Waals surface area (Å²) in [6, 6.07) is 4.46. The third-order valence-electron chi connectivity index (χ3n) is 4.30. The van der Waals surface area contributed by atoms with E-state index in [2.05, 4.69) is 10.6 Å². The third-order valence-corrected chi connectivity index (χ3v) is 4.30. The summed E-state index contributed by atoms with van der Waals surface area (Å²) >= 11 is 0. The predicted molar refractivity (Wildman–Crippen MR) is 105 cm³/mol. The smallest absolute Gasteiger partial charge is 0.413 e. The van der Waals surface area contributed by atoms with Crippen molar-refractivity contribution in [3.8, 4) is 0 Å². The standard InChI is InChI=1S/C19H24N4O7/c1-5-29-17(25)15-11(3)20-18(21-12(4)24)22(19(26)30-6-2)16(15)13-8-7-9-14(10-13)23(27)28/h7-10,16,18,20H,5-6H2,1-4H3,(H,21,24). The van der Waals surface area contributed by atoms with Crippen LogP contribution in [0.2, 0.25) is 0 Å². The van der Waals surface area contributed by atoms with E-state index in [4.69, 9.17) is 9.47 Å². The van der Waals surface area contributed by atoms with E-state index in [1.807, 2.05) is 0 Å². The van der Waals surface area contributed by atoms with Gasteiger partial charge in [0.1, 0.15) is 0 Å². The molecular weight excluding hydrogens is 396 g/mol. The van der Waals surface area contributed by atoms with Crippen LogP contribution in [0.3, 0.4) is 0 Å². The number of nitrogens with one attached hydrogen (secondary N) is 2. The van der Waals surface area contributed by atoms with E-state index in [9.17, 15) is 24.5 Å². The average molecular weight is 420 g/mol. The number of hydrogen-bond donors (Lipinski definition) is 2. The van der Waals surface area contributed by atoms with Gasteiger partial charge in [-0.25, -0.2) is 9.59 Å². The summed E-state index contributed by atoms with van der Waals surface area (Å²) in [4.78, 5) is 49.1. The van der Waals surface area contributed by atoms with Crippen LogP contribution < -0.4 is 10.6 Å². The minimum Gasteiger partial charge on any atom is -0.463 e. The molecule has 1 aliphatic rings. The quantitative estimate of drug-likeness (QED) is 0.404. The Hall–Kier alpha value is -3.63. The maximum Gasteiger partial charge on any atom is 0.413 e. The van der Waals surface area contributed by atoms with Gasteiger partial charge in [-0.3, -0.25) is 19.8 Å². The monoisotopic (exact) mass is 420 g/mol. The number of hydrogen-bond acceptors (Lipinski definition) is 8. The Morgan fingerprint density at radius 1 is 1.23 bits per heavy atom. The van der Waals surface area contributed by atoms with Crippen LogP contribution in [0.4, 0.5) is 10.5 Å². The number of esters is 1. The van der Waals surface area contributed by atoms with Gasteiger partial charge in [0.05, 0.1) is 29.8 Å². The van der Waals surface area contributed by atoms with Gasteiger partial charge in [0.25, 0.3) is 5.69 Å². The van der Waals surface area contributed by atoms with Crippen molar-refractivity contribution in [2.24, 2.45) is 0 Å². The van der Waals surface area contributed by atoms with Gasteiger partial charge in [-0.1, -0.05) is 12.1 Å². The lowest BCUT2D eigenvalue weighted by Gasteiger charge is -2.43. The van der Waals surface area contributed by atoms with Crippen molar-refractivity contribution in [3.05, 3.63) is 51.2 Å². The van der Waals surface area contributed by atoms with Gasteiger partial charge < -0.3 is 20.1 Å². The van der Waals surface area contributed by atoms with Crippen LogP contribution in [0.25, 0.3) is 0 Å². The maximum absolute atomic E-state index is 12.8. The van der Waals surface area contributed by atoms with Crippen molar-refractivity contribution in [3.63, 3.8) is 0 Å². The van der Waals surface area contributed by atoms with Crippen LogP contribution >= 0.6 is 0 Å². The number of non-ortho nitro benzene ring substituents is 1. The second kappa shape index (κ2) is 9.72. The first kappa shape index (κ1) is 22.7. The Balaban J connectivity index is 2.72. The zero-order valence-corrected chi connectivity index (χ0v) is 17.1. The highest BCUT2D eigenvalue weighted by atomic mass is 16.6. The van der Waals surface area contributed by atoms with Crippen molar-refractivity contribution in [1.29, 1.82) is 0 Å². The zero-order valence-electron chi connectivity index (χ0n) is 17.1. The molecule has 2 atom stereocenters. The molecule has 0 aliphatic carbocycles. The van der Waals surface area contributed by atoms with E-state index in [-0.39, 0.29) is 30.0 Å². The summed E-state index contributed by atoms with van der Waals surface area (Å²) in [5.41, 5.74) is 0.500. The molecule has 11 heteroatoms. The molecule has 1 aromatic rings. The summed E-state index contributed by atoms with van der Waals surface area (Å²) in [5.74, 6) is -1.14. The summed E-state index contributed by atoms with van der Waals surface area (Å²) in [6.45, 7) is 6.24. The molecule has 0 fully saturated rings. The van der Waals surface area contributed by atoms with Crippen LogP contribution in [0.1, 0.15) is 39.3 Å². The topological polar surface area (TPSA) is 140 Å². The summed E-state index contributed by atoms with van der Waals surface area (Å²) < 4.78 is 10.3. The number of rotatable bonds is 6. The molecular formula is C19H24N4O7. The highest BCUT2D eigenvalue weighted by Crippen LogP contribution is 2.37. The molecule has 11 nitrogen and oxygen atoms in total. The summed E-state index contributed by atoms with van der Waals surface area (Å²) in [7, 11) is 0. The third kappa shape index (κ3) is 4.85. The molecule has 2 rings (SSSR count). The van der Waals surface area contributed by atoms with Crippen LogP contribution in [-0.2, 0) is 19.1 Å². The maximum atomic E-state index is 12.8. The minimum atomic E-state index is -1.10. The van der Waals surface area contributed by atoms with E-state index < -0.39 is 35.2 Å². The largest absolute Gasteiger partial charge is 0.463 e. The first-order chi connectivity index (χ1) is 14.2. The average Bonchev–Trinajstić information content (AvgIpc) is 2.67. The van der Waals surface area contributed by atoms with Gasteiger partial charge in [-0.05, 0) is 26.3 Å². The molecule has 2 unspecified atom stereocenters. The lowest BCUT2D eigenvalue weighted by molar-refractivity contribution is -0.385. The highest BCUT2D eigenvalue weighted by molar-refractivity contribution is 5.92. The molecule has 1 aliphatic heterocycles. The van der Waals surface area contributed by atoms with E-state index in [0.717, 1.165) is 4.90 Å². The van der Waals surface area contributed by atoms with Crippen molar-refractivity contribution in [1.82, 2.24) is 15.5 Å². The van der Waals surface area contributed by atoms with E-state index in [1.54, 1.807) is 26.8 Å². The molecule has 1 aromatic carbocycles. The Kier molecular flexibility index (Phi) is 7.34. The fourth-order valence-electron chi connectivity index (χ4n) is 3.16. The second-order valence-corrected chi connectivity index (χ2v) is 6.37. The van der Waals surface area contributed by atoms with Crippen LogP contribution in [0.15, 0.2) is 35.5 Å². The summed E-state index contributed by atoms with van der Waals surface area (Å²) in [5, 5.41) is 16.8. The molecule has 162 valence electrons. The SMILES string of the molecule is CCOC(=O)C1=C(C)NC(NC(C)=O)N(C(=O)OCC)C1c1cccc([N+](=O)[O-])c1. The number of nitro benzene ring substituents is 1. The Labute approximate surface area is 173 Å². The molecule has 2 amide bonds. The molecule has 1 heterocycles. The van der Waals surface area contributed by atoms with Crippen molar-refractivity contribution in [2.75, 3.05) is 13.2 Å². The molecule has 2 N–H and O–H groups in total. The van der Waals surface area contributed by atoms with Gasteiger partial charge in [0.2, 0.25) is 5.91 Å². The Bertz CT molecular complexity index is 883. The first-order valence-corrected chi connectivity index (χ1v) is 9.32. The molecule has 0 aromatic heterocycles. The predicted octanol–water partition coefficient (Wildman–Crippen LogP) is 1.95. The first-order valence-electron chi connectivity index (χ1n) is 9.32. The van der Waals surface area contributed by atoms with Crippen molar-refractivity contribution in [2.45, 2.75) is 40.0 Å². The van der Waals surface area contributed by atoms with Crippen LogP contribution in [-0.4, -0.2) is 47.3 Å². The van der Waals surface area contributed by atoms with Crippen molar-refractivity contribution < 1.29 is 28.8 Å². The van der Waals surface area contributed by atoms with E-state index in [0.29, 0.717) is 5.70 Å². The summed E-state index contributed by atoms with van der Waals surface area (Å²) in [6.07, 6.45) is -1.88. The van der Waals surface area contributed by atoms with Gasteiger partial charge in [-0.2, -0.15) is 0 Å². The van der Waals surface area contributed by atoms with Gasteiger partial charge >= 0.3 is 12.1 Å².